The first-order valence-electron chi connectivity index (χ1n) is 5.78. The van der Waals surface area contributed by atoms with E-state index in [0.717, 1.165) is 22.5 Å². The van der Waals surface area contributed by atoms with Crippen LogP contribution in [0.25, 0.3) is 0 Å². The van der Waals surface area contributed by atoms with Crippen molar-refractivity contribution in [2.75, 3.05) is 11.1 Å². The molecule has 0 aliphatic heterocycles. The number of nitriles is 1. The first-order chi connectivity index (χ1) is 8.69. The Bertz CT molecular complexity index is 597. The summed E-state index contributed by atoms with van der Waals surface area (Å²) in [4.78, 5) is 0. The van der Waals surface area contributed by atoms with Gasteiger partial charge in [-0.05, 0) is 42.3 Å². The van der Waals surface area contributed by atoms with Gasteiger partial charge in [-0.15, -0.1) is 0 Å². The minimum absolute atomic E-state index is 0.679. The fourth-order valence-electron chi connectivity index (χ4n) is 1.78. The SMILES string of the molecule is Cc1ccc(N)cc1NCc1cccc(C#N)c1. The largest absolute Gasteiger partial charge is 0.399 e. The van der Waals surface area contributed by atoms with E-state index in [1.165, 1.54) is 0 Å². The molecule has 0 saturated carbocycles. The molecule has 0 saturated heterocycles. The van der Waals surface area contributed by atoms with Gasteiger partial charge in [0.05, 0.1) is 11.6 Å². The predicted molar refractivity (Wildman–Crippen MR) is 74.1 cm³/mol. The molecule has 2 aromatic carbocycles. The molecule has 0 aliphatic carbocycles. The molecule has 0 fully saturated rings. The van der Waals surface area contributed by atoms with E-state index >= 15 is 0 Å². The molecule has 3 N–H and O–H groups in total. The van der Waals surface area contributed by atoms with Gasteiger partial charge in [0.15, 0.2) is 0 Å². The van der Waals surface area contributed by atoms with Gasteiger partial charge in [0, 0.05) is 17.9 Å². The number of nitrogens with two attached hydrogens (primary N) is 1. The molecule has 3 heteroatoms. The minimum Gasteiger partial charge on any atom is -0.399 e. The van der Waals surface area contributed by atoms with Crippen molar-refractivity contribution >= 4 is 11.4 Å². The topological polar surface area (TPSA) is 61.8 Å². The Morgan fingerprint density at radius 1 is 1.22 bits per heavy atom. The Kier molecular flexibility index (Phi) is 3.49. The number of hydrogen-bond donors (Lipinski definition) is 2. The van der Waals surface area contributed by atoms with Crippen LogP contribution in [0, 0.1) is 18.3 Å². The van der Waals surface area contributed by atoms with Crippen molar-refractivity contribution in [2.45, 2.75) is 13.5 Å². The Balaban J connectivity index is 2.11. The van der Waals surface area contributed by atoms with Crippen LogP contribution in [0.2, 0.25) is 0 Å². The van der Waals surface area contributed by atoms with Crippen LogP contribution in [0.5, 0.6) is 0 Å². The Labute approximate surface area is 107 Å². The van der Waals surface area contributed by atoms with Gasteiger partial charge in [-0.3, -0.25) is 0 Å². The molecule has 0 radical (unpaired) electrons. The number of hydrogen-bond acceptors (Lipinski definition) is 3. The molecule has 0 amide bonds. The van der Waals surface area contributed by atoms with Gasteiger partial charge < -0.3 is 11.1 Å². The Morgan fingerprint density at radius 3 is 2.83 bits per heavy atom. The van der Waals surface area contributed by atoms with Crippen molar-refractivity contribution in [3.8, 4) is 6.07 Å². The number of anilines is 2. The molecule has 0 unspecified atom stereocenters. The van der Waals surface area contributed by atoms with Crippen molar-refractivity contribution in [2.24, 2.45) is 0 Å². The maximum absolute atomic E-state index is 8.84. The third-order valence-electron chi connectivity index (χ3n) is 2.80. The highest BCUT2D eigenvalue weighted by Gasteiger charge is 2.00. The van der Waals surface area contributed by atoms with Crippen LogP contribution in [0.15, 0.2) is 42.5 Å². The lowest BCUT2D eigenvalue weighted by Crippen LogP contribution is -2.02. The van der Waals surface area contributed by atoms with E-state index in [1.54, 1.807) is 6.07 Å². The van der Waals surface area contributed by atoms with Crippen molar-refractivity contribution in [3.05, 3.63) is 59.2 Å². The lowest BCUT2D eigenvalue weighted by Gasteiger charge is -2.10. The monoisotopic (exact) mass is 237 g/mol. The molecule has 2 rings (SSSR count). The van der Waals surface area contributed by atoms with Gasteiger partial charge in [0.1, 0.15) is 0 Å². The van der Waals surface area contributed by atoms with Crippen LogP contribution in [0.1, 0.15) is 16.7 Å². The van der Waals surface area contributed by atoms with Crippen molar-refractivity contribution in [3.63, 3.8) is 0 Å². The summed E-state index contributed by atoms with van der Waals surface area (Å²) in [5.41, 5.74) is 10.4. The van der Waals surface area contributed by atoms with Crippen LogP contribution in [-0.2, 0) is 6.54 Å². The number of nitrogens with zero attached hydrogens (tertiary/aromatic N) is 1. The van der Waals surface area contributed by atoms with Crippen LogP contribution in [0.4, 0.5) is 11.4 Å². The molecule has 0 atom stereocenters. The van der Waals surface area contributed by atoms with Crippen LogP contribution in [-0.4, -0.2) is 0 Å². The smallest absolute Gasteiger partial charge is 0.0991 e. The average Bonchev–Trinajstić information content (AvgIpc) is 2.40. The second kappa shape index (κ2) is 5.24. The summed E-state index contributed by atoms with van der Waals surface area (Å²) in [6.07, 6.45) is 0. The van der Waals surface area contributed by atoms with E-state index < -0.39 is 0 Å². The lowest BCUT2D eigenvalue weighted by atomic mass is 10.1. The zero-order valence-corrected chi connectivity index (χ0v) is 10.3. The van der Waals surface area contributed by atoms with E-state index in [1.807, 2.05) is 43.3 Å². The maximum Gasteiger partial charge on any atom is 0.0991 e. The highest BCUT2D eigenvalue weighted by atomic mass is 14.9. The first kappa shape index (κ1) is 12.0. The fraction of sp³-hybridized carbons (Fsp3) is 0.133. The number of aryl methyl sites for hydroxylation is 1. The van der Waals surface area contributed by atoms with Gasteiger partial charge in [-0.2, -0.15) is 5.26 Å². The second-order valence-electron chi connectivity index (χ2n) is 4.24. The van der Waals surface area contributed by atoms with Crippen molar-refractivity contribution in [1.29, 1.82) is 5.26 Å². The summed E-state index contributed by atoms with van der Waals surface area (Å²) in [7, 11) is 0. The van der Waals surface area contributed by atoms with Crippen molar-refractivity contribution in [1.82, 2.24) is 0 Å². The predicted octanol–water partition coefficient (Wildman–Crippen LogP) is 3.06. The molecular formula is C15H15N3. The lowest BCUT2D eigenvalue weighted by molar-refractivity contribution is 1.14. The number of rotatable bonds is 3. The zero-order valence-electron chi connectivity index (χ0n) is 10.3. The normalized spacial score (nSPS) is 9.78. The van der Waals surface area contributed by atoms with E-state index in [2.05, 4.69) is 11.4 Å². The number of benzene rings is 2. The van der Waals surface area contributed by atoms with Gasteiger partial charge >= 0.3 is 0 Å². The molecule has 90 valence electrons. The molecule has 3 nitrogen and oxygen atoms in total. The zero-order chi connectivity index (χ0) is 13.0. The van der Waals surface area contributed by atoms with Gasteiger partial charge in [-0.1, -0.05) is 18.2 Å². The molecule has 2 aromatic rings. The third-order valence-corrected chi connectivity index (χ3v) is 2.80. The van der Waals surface area contributed by atoms with E-state index in [-0.39, 0.29) is 0 Å². The minimum atomic E-state index is 0.679. The Hall–Kier alpha value is -2.47. The van der Waals surface area contributed by atoms with Gasteiger partial charge in [-0.25, -0.2) is 0 Å². The van der Waals surface area contributed by atoms with Crippen LogP contribution in [0.3, 0.4) is 0 Å². The number of nitrogens with one attached hydrogen (secondary N) is 1. The molecule has 0 spiro atoms. The molecule has 0 aliphatic rings. The summed E-state index contributed by atoms with van der Waals surface area (Å²) in [6.45, 7) is 2.72. The molecule has 0 heterocycles. The summed E-state index contributed by atoms with van der Waals surface area (Å²) in [5, 5.41) is 12.2. The molecule has 0 bridgehead atoms. The summed E-state index contributed by atoms with van der Waals surface area (Å²) in [5.74, 6) is 0. The summed E-state index contributed by atoms with van der Waals surface area (Å²) in [6, 6.07) is 15.5. The molecular weight excluding hydrogens is 222 g/mol. The van der Waals surface area contributed by atoms with Gasteiger partial charge in [0.2, 0.25) is 0 Å². The highest BCUT2D eigenvalue weighted by molar-refractivity contribution is 5.59. The fourth-order valence-corrected chi connectivity index (χ4v) is 1.78. The van der Waals surface area contributed by atoms with Gasteiger partial charge in [0.25, 0.3) is 0 Å². The second-order valence-corrected chi connectivity index (χ2v) is 4.24. The van der Waals surface area contributed by atoms with E-state index in [4.69, 9.17) is 11.0 Å². The third kappa shape index (κ3) is 2.80. The van der Waals surface area contributed by atoms with E-state index in [0.29, 0.717) is 12.1 Å². The van der Waals surface area contributed by atoms with E-state index in [9.17, 15) is 0 Å². The van der Waals surface area contributed by atoms with Crippen molar-refractivity contribution < 1.29 is 0 Å². The maximum atomic E-state index is 8.84. The molecule has 18 heavy (non-hydrogen) atoms. The highest BCUT2D eigenvalue weighted by Crippen LogP contribution is 2.19. The Morgan fingerprint density at radius 2 is 2.06 bits per heavy atom. The summed E-state index contributed by atoms with van der Waals surface area (Å²) < 4.78 is 0. The first-order valence-corrected chi connectivity index (χ1v) is 5.78. The van der Waals surface area contributed by atoms with Crippen LogP contribution < -0.4 is 11.1 Å². The standard InChI is InChI=1S/C15H15N3/c1-11-5-6-14(17)8-15(11)18-10-13-4-2-3-12(7-13)9-16/h2-8,18H,10,17H2,1H3. The average molecular weight is 237 g/mol. The summed E-state index contributed by atoms with van der Waals surface area (Å²) >= 11 is 0. The van der Waals surface area contributed by atoms with Crippen LogP contribution >= 0.6 is 0 Å². The number of nitrogen functional groups attached to an aromatic ring is 1. The molecule has 0 aromatic heterocycles. The quantitative estimate of drug-likeness (QED) is 0.806.